The van der Waals surface area contributed by atoms with E-state index >= 15 is 0 Å². The molecule has 1 saturated heterocycles. The molecule has 5 heteroatoms. The van der Waals surface area contributed by atoms with Crippen molar-refractivity contribution in [2.75, 3.05) is 19.6 Å². The molecule has 2 N–H and O–H groups in total. The zero-order valence-corrected chi connectivity index (χ0v) is 9.69. The van der Waals surface area contributed by atoms with Gasteiger partial charge in [0.1, 0.15) is 0 Å². The van der Waals surface area contributed by atoms with Gasteiger partial charge in [0, 0.05) is 26.1 Å². The fourth-order valence-corrected chi connectivity index (χ4v) is 2.49. The third-order valence-corrected chi connectivity index (χ3v) is 3.39. The van der Waals surface area contributed by atoms with Crippen LogP contribution in [0, 0.1) is 0 Å². The van der Waals surface area contributed by atoms with E-state index in [1.54, 1.807) is 11.8 Å². The molecule has 16 heavy (non-hydrogen) atoms. The van der Waals surface area contributed by atoms with Crippen molar-refractivity contribution in [3.63, 3.8) is 0 Å². The standard InChI is InChI=1S/C11H19N3O2/c1-8(15)14(9-2-3-9)10-4-5-13(7-10)11(16)6-12/h9-10H,2-7,12H2,1H3. The highest BCUT2D eigenvalue weighted by atomic mass is 16.2. The number of amides is 2. The highest BCUT2D eigenvalue weighted by Crippen LogP contribution is 2.31. The molecule has 0 radical (unpaired) electrons. The van der Waals surface area contributed by atoms with E-state index in [1.165, 1.54) is 0 Å². The van der Waals surface area contributed by atoms with Gasteiger partial charge in [-0.2, -0.15) is 0 Å². The summed E-state index contributed by atoms with van der Waals surface area (Å²) in [6.07, 6.45) is 3.11. The molecule has 0 aromatic rings. The fraction of sp³-hybridized carbons (Fsp3) is 0.818. The summed E-state index contributed by atoms with van der Waals surface area (Å²) in [7, 11) is 0. The van der Waals surface area contributed by atoms with Gasteiger partial charge in [-0.15, -0.1) is 0 Å². The fourth-order valence-electron chi connectivity index (χ4n) is 2.49. The first-order valence-electron chi connectivity index (χ1n) is 5.90. The van der Waals surface area contributed by atoms with Crippen molar-refractivity contribution in [3.8, 4) is 0 Å². The second-order valence-corrected chi connectivity index (χ2v) is 4.64. The summed E-state index contributed by atoms with van der Waals surface area (Å²) < 4.78 is 0. The topological polar surface area (TPSA) is 66.6 Å². The Labute approximate surface area is 95.6 Å². The Hall–Kier alpha value is -1.10. The second-order valence-electron chi connectivity index (χ2n) is 4.64. The second kappa shape index (κ2) is 4.41. The summed E-state index contributed by atoms with van der Waals surface area (Å²) in [5.74, 6) is 0.122. The third-order valence-electron chi connectivity index (χ3n) is 3.39. The van der Waals surface area contributed by atoms with E-state index in [4.69, 9.17) is 5.73 Å². The van der Waals surface area contributed by atoms with Gasteiger partial charge in [0.2, 0.25) is 11.8 Å². The van der Waals surface area contributed by atoms with Crippen LogP contribution in [0.25, 0.3) is 0 Å². The van der Waals surface area contributed by atoms with E-state index in [-0.39, 0.29) is 24.4 Å². The molecule has 2 fully saturated rings. The van der Waals surface area contributed by atoms with Gasteiger partial charge >= 0.3 is 0 Å². The Morgan fingerprint density at radius 1 is 1.31 bits per heavy atom. The first-order valence-corrected chi connectivity index (χ1v) is 5.90. The van der Waals surface area contributed by atoms with Gasteiger partial charge < -0.3 is 15.5 Å². The van der Waals surface area contributed by atoms with Crippen LogP contribution in [0.3, 0.4) is 0 Å². The van der Waals surface area contributed by atoms with Gasteiger partial charge in [-0.3, -0.25) is 9.59 Å². The smallest absolute Gasteiger partial charge is 0.236 e. The molecule has 2 aliphatic rings. The first-order chi connectivity index (χ1) is 7.63. The summed E-state index contributed by atoms with van der Waals surface area (Å²) in [6, 6.07) is 0.635. The molecule has 1 aliphatic heterocycles. The van der Waals surface area contributed by atoms with Crippen LogP contribution in [0.1, 0.15) is 26.2 Å². The van der Waals surface area contributed by atoms with Crippen LogP contribution < -0.4 is 5.73 Å². The number of rotatable bonds is 3. The van der Waals surface area contributed by atoms with E-state index in [0.717, 1.165) is 25.8 Å². The van der Waals surface area contributed by atoms with Crippen LogP contribution in [-0.4, -0.2) is 53.3 Å². The van der Waals surface area contributed by atoms with Crippen molar-refractivity contribution < 1.29 is 9.59 Å². The van der Waals surface area contributed by atoms with E-state index in [2.05, 4.69) is 0 Å². The Morgan fingerprint density at radius 2 is 2.00 bits per heavy atom. The van der Waals surface area contributed by atoms with E-state index < -0.39 is 0 Å². The SMILES string of the molecule is CC(=O)N(C1CC1)C1CCN(C(=O)CN)C1. The van der Waals surface area contributed by atoms with E-state index in [9.17, 15) is 9.59 Å². The molecule has 1 saturated carbocycles. The average Bonchev–Trinajstić information content (AvgIpc) is 2.94. The number of carbonyl (C=O) groups excluding carboxylic acids is 2. The van der Waals surface area contributed by atoms with E-state index in [1.807, 2.05) is 4.90 Å². The Bertz CT molecular complexity index is 302. The minimum absolute atomic E-state index is 0.0122. The quantitative estimate of drug-likeness (QED) is 0.708. The molecule has 0 bridgehead atoms. The van der Waals surface area contributed by atoms with Crippen LogP contribution >= 0.6 is 0 Å². The molecule has 1 atom stereocenters. The van der Waals surface area contributed by atoms with Gasteiger partial charge in [0.15, 0.2) is 0 Å². The molecule has 90 valence electrons. The van der Waals surface area contributed by atoms with Crippen molar-refractivity contribution in [2.45, 2.75) is 38.3 Å². The molecule has 1 unspecified atom stereocenters. The van der Waals surface area contributed by atoms with Crippen molar-refractivity contribution in [1.82, 2.24) is 9.80 Å². The van der Waals surface area contributed by atoms with Crippen LogP contribution in [-0.2, 0) is 9.59 Å². The van der Waals surface area contributed by atoms with Crippen molar-refractivity contribution in [3.05, 3.63) is 0 Å². The molecule has 0 aromatic carbocycles. The lowest BCUT2D eigenvalue weighted by Gasteiger charge is -2.28. The maximum absolute atomic E-state index is 11.6. The average molecular weight is 225 g/mol. The number of carbonyl (C=O) groups is 2. The highest BCUT2D eigenvalue weighted by molar-refractivity contribution is 5.79. The lowest BCUT2D eigenvalue weighted by atomic mass is 10.2. The molecule has 0 spiro atoms. The van der Waals surface area contributed by atoms with Crippen LogP contribution in [0.4, 0.5) is 0 Å². The lowest BCUT2D eigenvalue weighted by molar-refractivity contribution is -0.133. The summed E-state index contributed by atoms with van der Waals surface area (Å²) >= 11 is 0. The molecular formula is C11H19N3O2. The Morgan fingerprint density at radius 3 is 2.50 bits per heavy atom. The predicted octanol–water partition coefficient (Wildman–Crippen LogP) is -0.443. The monoisotopic (exact) mass is 225 g/mol. The highest BCUT2D eigenvalue weighted by Gasteiger charge is 2.39. The summed E-state index contributed by atoms with van der Waals surface area (Å²) in [4.78, 5) is 26.7. The van der Waals surface area contributed by atoms with Gasteiger partial charge in [0.05, 0.1) is 12.6 Å². The van der Waals surface area contributed by atoms with Gasteiger partial charge in [-0.1, -0.05) is 0 Å². The van der Waals surface area contributed by atoms with Crippen LogP contribution in [0.15, 0.2) is 0 Å². The first kappa shape index (κ1) is 11.4. The van der Waals surface area contributed by atoms with Crippen LogP contribution in [0.2, 0.25) is 0 Å². The largest absolute Gasteiger partial charge is 0.339 e. The molecule has 2 amide bonds. The van der Waals surface area contributed by atoms with E-state index in [0.29, 0.717) is 12.6 Å². The molecule has 0 aromatic heterocycles. The normalized spacial score (nSPS) is 24.6. The van der Waals surface area contributed by atoms with Crippen molar-refractivity contribution in [2.24, 2.45) is 5.73 Å². The van der Waals surface area contributed by atoms with Crippen molar-refractivity contribution in [1.29, 1.82) is 0 Å². The molecule has 1 heterocycles. The summed E-state index contributed by atoms with van der Waals surface area (Å²) in [5, 5.41) is 0. The third kappa shape index (κ3) is 2.19. The number of hydrogen-bond acceptors (Lipinski definition) is 3. The van der Waals surface area contributed by atoms with Gasteiger partial charge in [0.25, 0.3) is 0 Å². The number of likely N-dealkylation sites (tertiary alicyclic amines) is 1. The Balaban J connectivity index is 1.96. The van der Waals surface area contributed by atoms with Gasteiger partial charge in [-0.05, 0) is 19.3 Å². The number of hydrogen-bond donors (Lipinski definition) is 1. The molecular weight excluding hydrogens is 206 g/mol. The number of nitrogens with two attached hydrogens (primary N) is 1. The van der Waals surface area contributed by atoms with Crippen LogP contribution in [0.5, 0.6) is 0 Å². The predicted molar refractivity (Wildman–Crippen MR) is 59.6 cm³/mol. The van der Waals surface area contributed by atoms with Crippen molar-refractivity contribution >= 4 is 11.8 Å². The zero-order chi connectivity index (χ0) is 11.7. The zero-order valence-electron chi connectivity index (χ0n) is 9.69. The minimum atomic E-state index is -0.0122. The minimum Gasteiger partial charge on any atom is -0.339 e. The Kier molecular flexibility index (Phi) is 3.14. The maximum atomic E-state index is 11.6. The number of nitrogens with zero attached hydrogens (tertiary/aromatic N) is 2. The molecule has 2 rings (SSSR count). The maximum Gasteiger partial charge on any atom is 0.236 e. The lowest BCUT2D eigenvalue weighted by Crippen LogP contribution is -2.43. The summed E-state index contributed by atoms with van der Waals surface area (Å²) in [5.41, 5.74) is 5.33. The summed E-state index contributed by atoms with van der Waals surface area (Å²) in [6.45, 7) is 3.07. The molecule has 5 nitrogen and oxygen atoms in total. The van der Waals surface area contributed by atoms with Gasteiger partial charge in [-0.25, -0.2) is 0 Å². The molecule has 1 aliphatic carbocycles.